The van der Waals surface area contributed by atoms with Crippen LogP contribution in [0.1, 0.15) is 34.8 Å². The number of rotatable bonds is 9. The van der Waals surface area contributed by atoms with E-state index in [-0.39, 0.29) is 16.5 Å². The maximum Gasteiger partial charge on any atom is 0.338 e. The predicted octanol–water partition coefficient (Wildman–Crippen LogP) is 3.73. The number of nitrogens with zero attached hydrogens (tertiary/aromatic N) is 1. The number of ether oxygens (including phenoxy) is 1. The number of para-hydroxylation sites is 1. The molecule has 0 bridgehead atoms. The second kappa shape index (κ2) is 10.7. The molecule has 3 aromatic carbocycles. The Morgan fingerprint density at radius 1 is 1.00 bits per heavy atom. The van der Waals surface area contributed by atoms with Crippen LogP contribution in [0.25, 0.3) is 0 Å². The standard InChI is InChI=1S/C27H28N2O5S/c1-20-17-22-12-5-6-15-25(22)29(20)35(32,33)24-14-7-13-23(18-24)27(31)34-19-26(30)28-16-8-11-21-9-3-2-4-10-21/h2-7,9-10,12-15,18,20H,8,11,16-17,19H2,1H3,(H,28,30)/t20-/m0/s1. The van der Waals surface area contributed by atoms with Crippen molar-refractivity contribution in [3.8, 4) is 0 Å². The van der Waals surface area contributed by atoms with Gasteiger partial charge in [-0.2, -0.15) is 0 Å². The summed E-state index contributed by atoms with van der Waals surface area (Å²) in [6, 6.07) is 22.8. The zero-order valence-electron chi connectivity index (χ0n) is 19.5. The molecule has 0 radical (unpaired) electrons. The van der Waals surface area contributed by atoms with Crippen molar-refractivity contribution in [1.29, 1.82) is 0 Å². The lowest BCUT2D eigenvalue weighted by molar-refractivity contribution is -0.124. The van der Waals surface area contributed by atoms with Crippen LogP contribution in [0, 0.1) is 0 Å². The van der Waals surface area contributed by atoms with Crippen LogP contribution in [0.4, 0.5) is 5.69 Å². The SMILES string of the molecule is C[C@H]1Cc2ccccc2N1S(=O)(=O)c1cccc(C(=O)OCC(=O)NCCCc2ccccc2)c1. The molecule has 8 heteroatoms. The molecule has 0 spiro atoms. The summed E-state index contributed by atoms with van der Waals surface area (Å²) in [5.74, 6) is -1.16. The summed E-state index contributed by atoms with van der Waals surface area (Å²) >= 11 is 0. The minimum absolute atomic E-state index is 0.000802. The first-order valence-corrected chi connectivity index (χ1v) is 13.0. The van der Waals surface area contributed by atoms with E-state index in [0.717, 1.165) is 18.4 Å². The summed E-state index contributed by atoms with van der Waals surface area (Å²) < 4.78 is 33.3. The molecule has 1 aliphatic heterocycles. The van der Waals surface area contributed by atoms with Crippen LogP contribution in [0.2, 0.25) is 0 Å². The molecule has 0 aromatic heterocycles. The Hall–Kier alpha value is -3.65. The lowest BCUT2D eigenvalue weighted by Crippen LogP contribution is -2.35. The van der Waals surface area contributed by atoms with Gasteiger partial charge in [0.25, 0.3) is 15.9 Å². The van der Waals surface area contributed by atoms with E-state index >= 15 is 0 Å². The first-order chi connectivity index (χ1) is 16.9. The van der Waals surface area contributed by atoms with Crippen molar-refractivity contribution in [2.24, 2.45) is 0 Å². The highest BCUT2D eigenvalue weighted by atomic mass is 32.2. The van der Waals surface area contributed by atoms with Crippen molar-refractivity contribution in [3.05, 3.63) is 95.6 Å². The van der Waals surface area contributed by atoms with Crippen molar-refractivity contribution >= 4 is 27.6 Å². The van der Waals surface area contributed by atoms with E-state index in [1.807, 2.05) is 49.4 Å². The van der Waals surface area contributed by atoms with Gasteiger partial charge in [-0.05, 0) is 61.6 Å². The Bertz CT molecular complexity index is 1310. The minimum Gasteiger partial charge on any atom is -0.452 e. The molecule has 1 heterocycles. The van der Waals surface area contributed by atoms with Gasteiger partial charge in [0, 0.05) is 12.6 Å². The van der Waals surface area contributed by atoms with Crippen molar-refractivity contribution in [3.63, 3.8) is 0 Å². The second-order valence-corrected chi connectivity index (χ2v) is 10.3. The van der Waals surface area contributed by atoms with E-state index in [1.165, 1.54) is 34.1 Å². The molecule has 0 unspecified atom stereocenters. The van der Waals surface area contributed by atoms with E-state index in [4.69, 9.17) is 4.74 Å². The number of anilines is 1. The topological polar surface area (TPSA) is 92.8 Å². The first kappa shape index (κ1) is 24.5. The Kier molecular flexibility index (Phi) is 7.51. The van der Waals surface area contributed by atoms with Gasteiger partial charge in [-0.25, -0.2) is 13.2 Å². The minimum atomic E-state index is -3.88. The highest BCUT2D eigenvalue weighted by Gasteiger charge is 2.36. The molecular formula is C27H28N2O5S. The van der Waals surface area contributed by atoms with Gasteiger partial charge in [0.15, 0.2) is 6.61 Å². The molecule has 1 atom stereocenters. The molecule has 1 N–H and O–H groups in total. The average Bonchev–Trinajstić information content (AvgIpc) is 3.22. The fourth-order valence-electron chi connectivity index (χ4n) is 4.23. The van der Waals surface area contributed by atoms with Gasteiger partial charge >= 0.3 is 5.97 Å². The van der Waals surface area contributed by atoms with Crippen molar-refractivity contribution < 1.29 is 22.7 Å². The molecule has 4 rings (SSSR count). The highest BCUT2D eigenvalue weighted by molar-refractivity contribution is 7.92. The van der Waals surface area contributed by atoms with Crippen LogP contribution in [0.15, 0.2) is 83.8 Å². The number of hydrogen-bond donors (Lipinski definition) is 1. The quantitative estimate of drug-likeness (QED) is 0.363. The molecule has 0 saturated heterocycles. The third-order valence-corrected chi connectivity index (χ3v) is 7.84. The van der Waals surface area contributed by atoms with E-state index in [1.54, 1.807) is 12.1 Å². The Morgan fingerprint density at radius 3 is 2.54 bits per heavy atom. The van der Waals surface area contributed by atoms with E-state index in [0.29, 0.717) is 18.7 Å². The summed E-state index contributed by atoms with van der Waals surface area (Å²) in [6.45, 7) is 1.89. The van der Waals surface area contributed by atoms with Gasteiger partial charge in [-0.3, -0.25) is 9.10 Å². The van der Waals surface area contributed by atoms with Crippen LogP contribution >= 0.6 is 0 Å². The van der Waals surface area contributed by atoms with Crippen LogP contribution in [0.3, 0.4) is 0 Å². The zero-order chi connectivity index (χ0) is 24.8. The van der Waals surface area contributed by atoms with Crippen LogP contribution in [0.5, 0.6) is 0 Å². The highest BCUT2D eigenvalue weighted by Crippen LogP contribution is 2.36. The maximum absolute atomic E-state index is 13.4. The zero-order valence-corrected chi connectivity index (χ0v) is 20.3. The van der Waals surface area contributed by atoms with Crippen molar-refractivity contribution in [2.45, 2.75) is 37.1 Å². The van der Waals surface area contributed by atoms with Crippen LogP contribution in [-0.2, 0) is 32.4 Å². The van der Waals surface area contributed by atoms with Gasteiger partial charge < -0.3 is 10.1 Å². The number of sulfonamides is 1. The normalized spacial score (nSPS) is 14.9. The van der Waals surface area contributed by atoms with Gasteiger partial charge in [-0.15, -0.1) is 0 Å². The van der Waals surface area contributed by atoms with Crippen molar-refractivity contribution in [2.75, 3.05) is 17.5 Å². The fourth-order valence-corrected chi connectivity index (χ4v) is 5.97. The summed E-state index contributed by atoms with van der Waals surface area (Å²) in [6.07, 6.45) is 2.22. The average molecular weight is 493 g/mol. The molecular weight excluding hydrogens is 464 g/mol. The van der Waals surface area contributed by atoms with E-state index in [2.05, 4.69) is 5.32 Å². The number of carbonyl (C=O) groups excluding carboxylic acids is 2. The molecule has 3 aromatic rings. The first-order valence-electron chi connectivity index (χ1n) is 11.6. The van der Waals surface area contributed by atoms with Gasteiger partial charge in [0.1, 0.15) is 0 Å². The number of benzene rings is 3. The lowest BCUT2D eigenvalue weighted by Gasteiger charge is -2.24. The van der Waals surface area contributed by atoms with E-state index < -0.39 is 28.5 Å². The number of carbonyl (C=O) groups is 2. The second-order valence-electron chi connectivity index (χ2n) is 8.53. The Balaban J connectivity index is 1.33. The Labute approximate surface area is 205 Å². The Morgan fingerprint density at radius 2 is 1.74 bits per heavy atom. The maximum atomic E-state index is 13.4. The summed E-state index contributed by atoms with van der Waals surface area (Å²) in [5.41, 5.74) is 2.88. The largest absolute Gasteiger partial charge is 0.452 e. The monoisotopic (exact) mass is 492 g/mol. The predicted molar refractivity (Wildman–Crippen MR) is 134 cm³/mol. The smallest absolute Gasteiger partial charge is 0.338 e. The molecule has 0 aliphatic carbocycles. The van der Waals surface area contributed by atoms with Gasteiger partial charge in [0.2, 0.25) is 0 Å². The van der Waals surface area contributed by atoms with Gasteiger partial charge in [-0.1, -0.05) is 54.6 Å². The van der Waals surface area contributed by atoms with Crippen LogP contribution in [-0.4, -0.2) is 39.5 Å². The van der Waals surface area contributed by atoms with E-state index in [9.17, 15) is 18.0 Å². The third-order valence-electron chi connectivity index (χ3n) is 5.91. The number of aryl methyl sites for hydroxylation is 1. The number of hydrogen-bond acceptors (Lipinski definition) is 5. The molecule has 7 nitrogen and oxygen atoms in total. The molecule has 1 amide bonds. The number of fused-ring (bicyclic) bond motifs is 1. The number of nitrogens with one attached hydrogen (secondary N) is 1. The summed E-state index contributed by atoms with van der Waals surface area (Å²) in [4.78, 5) is 24.6. The molecule has 0 saturated carbocycles. The third kappa shape index (κ3) is 5.71. The van der Waals surface area contributed by atoms with Crippen LogP contribution < -0.4 is 9.62 Å². The molecule has 1 aliphatic rings. The fraction of sp³-hybridized carbons (Fsp3) is 0.259. The lowest BCUT2D eigenvalue weighted by atomic mass is 10.1. The number of esters is 1. The van der Waals surface area contributed by atoms with Crippen molar-refractivity contribution in [1.82, 2.24) is 5.32 Å². The summed E-state index contributed by atoms with van der Waals surface area (Å²) in [5, 5.41) is 2.73. The molecule has 35 heavy (non-hydrogen) atoms. The summed E-state index contributed by atoms with van der Waals surface area (Å²) in [7, 11) is -3.88. The molecule has 182 valence electrons. The number of amides is 1. The molecule has 0 fully saturated rings. The van der Waals surface area contributed by atoms with Gasteiger partial charge in [0.05, 0.1) is 16.1 Å².